The van der Waals surface area contributed by atoms with Crippen molar-refractivity contribution in [1.29, 1.82) is 0 Å². The van der Waals surface area contributed by atoms with Crippen molar-refractivity contribution in [2.75, 3.05) is 44.3 Å². The van der Waals surface area contributed by atoms with Gasteiger partial charge in [0.15, 0.2) is 0 Å². The van der Waals surface area contributed by atoms with Gasteiger partial charge in [-0.2, -0.15) is 11.8 Å². The second-order valence-corrected chi connectivity index (χ2v) is 31.4. The lowest BCUT2D eigenvalue weighted by atomic mass is 9.91. The first-order chi connectivity index (χ1) is 58.9. The number of aliphatic carboxylic acids is 1. The average molecular weight is 1750 g/mol. The molecular formula is C82H114N20O21S. The fraction of sp³-hybridized carbons (Fsp3) is 0.488. The summed E-state index contributed by atoms with van der Waals surface area (Å²) in [6.07, 6.45) is -4.51. The Bertz CT molecular complexity index is 4610. The molecule has 0 spiro atoms. The molecule has 6 rings (SSSR count). The van der Waals surface area contributed by atoms with Gasteiger partial charge in [0.05, 0.1) is 19.1 Å². The topological polar surface area (TPSA) is 685 Å². The van der Waals surface area contributed by atoms with E-state index in [1.165, 1.54) is 6.92 Å². The van der Waals surface area contributed by atoms with Gasteiger partial charge in [0.2, 0.25) is 100 Å². The molecule has 0 saturated carbocycles. The normalized spacial score (nSPS) is 18.4. The number of aliphatic hydroxyl groups excluding tert-OH is 1. The molecule has 4 aromatic carbocycles. The van der Waals surface area contributed by atoms with E-state index in [1.807, 2.05) is 6.07 Å². The molecule has 17 amide bonds. The maximum Gasteiger partial charge on any atom is 0.303 e. The van der Waals surface area contributed by atoms with Gasteiger partial charge in [0.25, 0.3) is 0 Å². The highest BCUT2D eigenvalue weighted by molar-refractivity contribution is 7.99. The van der Waals surface area contributed by atoms with Gasteiger partial charge in [0.1, 0.15) is 78.3 Å². The van der Waals surface area contributed by atoms with Crippen LogP contribution in [-0.4, -0.2) is 238 Å². The molecule has 5 aromatic rings. The summed E-state index contributed by atoms with van der Waals surface area (Å²) in [7, 11) is 0. The molecule has 1 fully saturated rings. The van der Waals surface area contributed by atoms with Crippen LogP contribution in [0.5, 0.6) is 5.75 Å². The van der Waals surface area contributed by atoms with Gasteiger partial charge in [-0.15, -0.1) is 0 Å². The minimum absolute atomic E-state index is 0.0239. The summed E-state index contributed by atoms with van der Waals surface area (Å²) in [4.78, 5) is 252. The van der Waals surface area contributed by atoms with Crippen molar-refractivity contribution in [2.24, 2.45) is 34.4 Å². The third-order valence-corrected chi connectivity index (χ3v) is 21.1. The minimum atomic E-state index is -2.05. The first kappa shape index (κ1) is 100.0. The molecule has 2 heterocycles. The van der Waals surface area contributed by atoms with E-state index in [1.54, 1.807) is 91.1 Å². The SMILES string of the molecule is CC(=O)N[C@H]1CCSC[C@@H](C(=O)N[C@@H](Cc2ccc(OCCN)cc2)C(=O)N[C@@H](Cc2ccc3ccccc3c2)C(=O)N[C@@](C)(CCCCN)C(=O)N[C@@H](CCCCNC(=O)CCCC(=O)O)C(=O)N[C@@H](CC(N)=O)C(=O)NCC(N)=O)NC(=O)[C@H](CCC(N)=O)NC(=O)[C@H](Cc2c[nH]c3ccccc23)NC(=O)[C@H]([C@@H](C)O)NC(=O)[C@H](CCC(N)=O)NC1=O. The second-order valence-electron chi connectivity index (χ2n) is 30.3. The number of hydrogen-bond acceptors (Lipinski definition) is 23. The van der Waals surface area contributed by atoms with Crippen LogP contribution >= 0.6 is 11.8 Å². The standard InChI is InChI=1S/C82H114N20O21S/c1-45(103)70-80(121)98-61(40-51-42-90-54-16-7-6-15-53(51)54)77(118)94-56(26-28-64(85)105)73(114)99-63(44-124-36-30-58(92-46(2)104)74(115)93-57(75(116)101-70)27-29-65(86)106)78(119)95-59(38-47-21-24-52(25-22-47)123-35-33-84)76(117)96-60(39-48-20-23-49-13-4-5-14-50(49)37-48)79(120)102-82(3,31-9-10-32-83)81(122)100-55(17-8-11-34-89-68(109)18-12-19-69(110)111)72(113)97-62(41-66(87)107)71(112)91-43-67(88)108/h4-7,13-16,20-25,37,42,45,55-63,70,90,103H,8-12,17-19,26-36,38-41,43-44,83-84H2,1-3H3,(H2,85,105)(H2,86,106)(H2,87,107)(H2,88,108)(H,89,109)(H,91,112)(H,92,104)(H,93,115)(H,94,118)(H,95,119)(H,96,117)(H,97,113)(H,98,121)(H,99,114)(H,100,122)(H,101,116)(H,102,120)(H,110,111)/t45-,55+,56+,57+,58+,59+,60+,61+,62+,63+,70+,82+/m1/s1. The molecule has 124 heavy (non-hydrogen) atoms. The number of fused-ring (bicyclic) bond motifs is 2. The molecule has 1 aliphatic heterocycles. The summed E-state index contributed by atoms with van der Waals surface area (Å²) in [6, 6.07) is 8.41. The minimum Gasteiger partial charge on any atom is -0.492 e. The van der Waals surface area contributed by atoms with Crippen molar-refractivity contribution in [1.82, 2.24) is 74.1 Å². The summed E-state index contributed by atoms with van der Waals surface area (Å²) >= 11 is 0.917. The number of para-hydroxylation sites is 1. The Labute approximate surface area is 718 Å². The molecule has 1 aromatic heterocycles. The summed E-state index contributed by atoms with van der Waals surface area (Å²) in [5.74, 6) is -18.2. The number of carboxylic acid groups (broad SMARTS) is 1. The average Bonchev–Trinajstić information content (AvgIpc) is 1.59. The van der Waals surface area contributed by atoms with E-state index in [0.29, 0.717) is 38.7 Å². The molecule has 12 atom stereocenters. The zero-order valence-corrected chi connectivity index (χ0v) is 70.1. The molecule has 41 nitrogen and oxygen atoms in total. The molecule has 42 heteroatoms. The van der Waals surface area contributed by atoms with E-state index in [2.05, 4.69) is 74.1 Å². The fourth-order valence-corrected chi connectivity index (χ4v) is 14.4. The quantitative estimate of drug-likeness (QED) is 0.0164. The number of aromatic amines is 1. The van der Waals surface area contributed by atoms with E-state index < -0.39 is 229 Å². The van der Waals surface area contributed by atoms with Crippen LogP contribution in [-0.2, 0) is 106 Å². The van der Waals surface area contributed by atoms with Gasteiger partial charge in [-0.05, 0) is 136 Å². The number of carboxylic acids is 1. The second kappa shape index (κ2) is 50.5. The molecule has 0 unspecified atom stereocenters. The molecule has 0 bridgehead atoms. The van der Waals surface area contributed by atoms with Crippen molar-refractivity contribution in [3.63, 3.8) is 0 Å². The van der Waals surface area contributed by atoms with Crippen LogP contribution in [0.2, 0.25) is 0 Å². The largest absolute Gasteiger partial charge is 0.492 e. The number of unbranched alkanes of at least 4 members (excludes halogenated alkanes) is 2. The number of aliphatic hydroxyl groups is 1. The highest BCUT2D eigenvalue weighted by atomic mass is 32.2. The van der Waals surface area contributed by atoms with Gasteiger partial charge >= 0.3 is 5.97 Å². The van der Waals surface area contributed by atoms with Crippen molar-refractivity contribution < 1.29 is 101 Å². The zero-order valence-electron chi connectivity index (χ0n) is 69.3. The van der Waals surface area contributed by atoms with E-state index in [-0.39, 0.29) is 109 Å². The molecule has 0 aliphatic carbocycles. The Morgan fingerprint density at radius 1 is 0.589 bits per heavy atom. The summed E-state index contributed by atoms with van der Waals surface area (Å²) in [5, 5.41) is 55.7. The Hall–Kier alpha value is -12.8. The van der Waals surface area contributed by atoms with Gasteiger partial charge < -0.3 is 123 Å². The van der Waals surface area contributed by atoms with E-state index in [9.17, 15) is 62.6 Å². The number of primary amides is 4. The lowest BCUT2D eigenvalue weighted by Gasteiger charge is -2.34. The van der Waals surface area contributed by atoms with Crippen LogP contribution in [0, 0.1) is 0 Å². The van der Waals surface area contributed by atoms with E-state index in [4.69, 9.17) is 44.2 Å². The third-order valence-electron chi connectivity index (χ3n) is 20.0. The van der Waals surface area contributed by atoms with Crippen LogP contribution in [0.15, 0.2) is 97.2 Å². The number of thioether (sulfide) groups is 1. The maximum atomic E-state index is 15.8. The number of rotatable bonds is 45. The van der Waals surface area contributed by atoms with Crippen LogP contribution < -0.4 is 108 Å². The Kier molecular flexibility index (Phi) is 40.8. The van der Waals surface area contributed by atoms with Gasteiger partial charge in [-0.1, -0.05) is 72.8 Å². The Balaban J connectivity index is 1.46. The van der Waals surface area contributed by atoms with Gasteiger partial charge in [-0.25, -0.2) is 0 Å². The number of H-pyrrole nitrogens is 1. The molecule has 0 radical (unpaired) electrons. The first-order valence-corrected chi connectivity index (χ1v) is 41.7. The zero-order chi connectivity index (χ0) is 91.2. The van der Waals surface area contributed by atoms with E-state index >= 15 is 28.8 Å². The number of hydrogen-bond donors (Lipinski definition) is 22. The van der Waals surface area contributed by atoms with Crippen molar-refractivity contribution in [2.45, 2.75) is 208 Å². The van der Waals surface area contributed by atoms with Crippen molar-refractivity contribution in [3.8, 4) is 5.75 Å². The maximum absolute atomic E-state index is 15.8. The number of carbonyl (C=O) groups is 18. The van der Waals surface area contributed by atoms with Crippen LogP contribution in [0.3, 0.4) is 0 Å². The number of benzene rings is 4. The smallest absolute Gasteiger partial charge is 0.303 e. The highest BCUT2D eigenvalue weighted by Crippen LogP contribution is 2.24. The number of nitrogens with two attached hydrogens (primary N) is 6. The fourth-order valence-electron chi connectivity index (χ4n) is 13.3. The molecule has 28 N–H and O–H groups in total. The number of ether oxygens (including phenoxy) is 1. The molecule has 674 valence electrons. The number of nitrogens with one attached hydrogen (secondary N) is 14. The van der Waals surface area contributed by atoms with Crippen molar-refractivity contribution in [3.05, 3.63) is 114 Å². The van der Waals surface area contributed by atoms with Crippen LogP contribution in [0.4, 0.5) is 0 Å². The van der Waals surface area contributed by atoms with Gasteiger partial charge in [-0.3, -0.25) is 86.3 Å². The predicted molar refractivity (Wildman–Crippen MR) is 454 cm³/mol. The summed E-state index contributed by atoms with van der Waals surface area (Å²) in [6.45, 7) is 3.23. The molecule has 1 aliphatic rings. The third kappa shape index (κ3) is 33.9. The number of amides is 17. The lowest BCUT2D eigenvalue weighted by molar-refractivity contribution is -0.138. The van der Waals surface area contributed by atoms with Crippen LogP contribution in [0.25, 0.3) is 21.7 Å². The monoisotopic (exact) mass is 1750 g/mol. The lowest BCUT2D eigenvalue weighted by Crippen LogP contribution is -2.64. The highest BCUT2D eigenvalue weighted by Gasteiger charge is 2.42. The first-order valence-electron chi connectivity index (χ1n) is 40.6. The number of aromatic nitrogens is 1. The predicted octanol–water partition coefficient (Wildman–Crippen LogP) is -4.37. The van der Waals surface area contributed by atoms with Crippen molar-refractivity contribution >= 4 is 140 Å². The van der Waals surface area contributed by atoms with E-state index in [0.717, 1.165) is 31.0 Å². The Morgan fingerprint density at radius 3 is 1.85 bits per heavy atom. The number of carbonyl (C=O) groups excluding carboxylic acids is 17. The van der Waals surface area contributed by atoms with Gasteiger partial charge in [0, 0.05) is 87.8 Å². The molecular weight excluding hydrogens is 1630 g/mol. The summed E-state index contributed by atoms with van der Waals surface area (Å²) < 4.78 is 5.73. The molecule has 1 saturated heterocycles. The Morgan fingerprint density at radius 2 is 1.20 bits per heavy atom. The summed E-state index contributed by atoms with van der Waals surface area (Å²) in [5.41, 5.74) is 33.4. The van der Waals surface area contributed by atoms with Crippen LogP contribution in [0.1, 0.15) is 134 Å².